The van der Waals surface area contributed by atoms with Crippen LogP contribution in [0.2, 0.25) is 0 Å². The molecular weight excluding hydrogens is 292 g/mol. The third-order valence-corrected chi connectivity index (χ3v) is 3.22. The maximum Gasteiger partial charge on any atom is 0.164 e. The van der Waals surface area contributed by atoms with Crippen LogP contribution in [-0.2, 0) is 6.61 Å². The topological polar surface area (TPSA) is 29.5 Å². The highest BCUT2D eigenvalue weighted by Crippen LogP contribution is 2.31. The first kappa shape index (κ1) is 13.0. The molecule has 1 N–H and O–H groups in total. The van der Waals surface area contributed by atoms with Gasteiger partial charge in [-0.05, 0) is 48.7 Å². The summed E-state index contributed by atoms with van der Waals surface area (Å²) in [5.41, 5.74) is 3.04. The molecule has 2 aromatic carbocycles. The number of rotatable bonds is 3. The standard InChI is InChI=1S/C15H15BrO2/c1-10-7-11(2)15(14(17)8-10)18-9-12-3-5-13(16)6-4-12/h3-8,17H,9H2,1-2H3. The first-order valence-corrected chi connectivity index (χ1v) is 6.53. The van der Waals surface area contributed by atoms with Gasteiger partial charge in [-0.15, -0.1) is 0 Å². The SMILES string of the molecule is Cc1cc(C)c(OCc2ccc(Br)cc2)c(O)c1. The van der Waals surface area contributed by atoms with Gasteiger partial charge in [-0.3, -0.25) is 0 Å². The molecule has 0 atom stereocenters. The minimum atomic E-state index is 0.199. The Labute approximate surface area is 115 Å². The zero-order valence-electron chi connectivity index (χ0n) is 10.4. The minimum absolute atomic E-state index is 0.199. The van der Waals surface area contributed by atoms with E-state index in [9.17, 15) is 5.11 Å². The fraction of sp³-hybridized carbons (Fsp3) is 0.200. The van der Waals surface area contributed by atoms with Crippen molar-refractivity contribution < 1.29 is 9.84 Å². The zero-order chi connectivity index (χ0) is 13.1. The van der Waals surface area contributed by atoms with E-state index in [2.05, 4.69) is 15.9 Å². The third-order valence-electron chi connectivity index (χ3n) is 2.70. The second-order valence-corrected chi connectivity index (χ2v) is 5.26. The Bertz CT molecular complexity index is 524. The lowest BCUT2D eigenvalue weighted by Gasteiger charge is -2.12. The number of hydrogen-bond donors (Lipinski definition) is 1. The maximum absolute atomic E-state index is 9.86. The number of halogens is 1. The van der Waals surface area contributed by atoms with Crippen LogP contribution in [0.25, 0.3) is 0 Å². The molecule has 0 bridgehead atoms. The van der Waals surface area contributed by atoms with Crippen LogP contribution in [0.3, 0.4) is 0 Å². The Morgan fingerprint density at radius 3 is 2.39 bits per heavy atom. The summed E-state index contributed by atoms with van der Waals surface area (Å²) in [4.78, 5) is 0. The maximum atomic E-state index is 9.86. The van der Waals surface area contributed by atoms with Crippen LogP contribution >= 0.6 is 15.9 Å². The van der Waals surface area contributed by atoms with Gasteiger partial charge >= 0.3 is 0 Å². The molecule has 94 valence electrons. The van der Waals surface area contributed by atoms with Crippen LogP contribution in [0.15, 0.2) is 40.9 Å². The largest absolute Gasteiger partial charge is 0.504 e. The van der Waals surface area contributed by atoms with Gasteiger partial charge in [0.2, 0.25) is 0 Å². The Kier molecular flexibility index (Phi) is 3.92. The van der Waals surface area contributed by atoms with Gasteiger partial charge in [0, 0.05) is 4.47 Å². The zero-order valence-corrected chi connectivity index (χ0v) is 12.0. The van der Waals surface area contributed by atoms with Gasteiger partial charge in [0.15, 0.2) is 11.5 Å². The quantitative estimate of drug-likeness (QED) is 0.913. The molecule has 0 spiro atoms. The van der Waals surface area contributed by atoms with Crippen molar-refractivity contribution in [2.75, 3.05) is 0 Å². The highest BCUT2D eigenvalue weighted by Gasteiger charge is 2.07. The summed E-state index contributed by atoms with van der Waals surface area (Å²) in [6, 6.07) is 11.6. The van der Waals surface area contributed by atoms with Crippen molar-refractivity contribution in [3.8, 4) is 11.5 Å². The van der Waals surface area contributed by atoms with Crippen molar-refractivity contribution in [1.82, 2.24) is 0 Å². The lowest BCUT2D eigenvalue weighted by Crippen LogP contribution is -1.97. The van der Waals surface area contributed by atoms with Crippen LogP contribution in [0.1, 0.15) is 16.7 Å². The van der Waals surface area contributed by atoms with Crippen LogP contribution in [0.4, 0.5) is 0 Å². The number of aryl methyl sites for hydroxylation is 2. The normalized spacial score (nSPS) is 10.4. The first-order chi connectivity index (χ1) is 8.56. The molecule has 0 aromatic heterocycles. The molecule has 0 aliphatic heterocycles. The molecule has 0 heterocycles. The fourth-order valence-electron chi connectivity index (χ4n) is 1.86. The minimum Gasteiger partial charge on any atom is -0.504 e. The number of aromatic hydroxyl groups is 1. The summed E-state index contributed by atoms with van der Waals surface area (Å²) in [6.07, 6.45) is 0. The van der Waals surface area contributed by atoms with E-state index >= 15 is 0 Å². The molecule has 0 aliphatic rings. The van der Waals surface area contributed by atoms with Crippen molar-refractivity contribution in [2.45, 2.75) is 20.5 Å². The summed E-state index contributed by atoms with van der Waals surface area (Å²) in [5, 5.41) is 9.86. The van der Waals surface area contributed by atoms with Crippen molar-refractivity contribution in [1.29, 1.82) is 0 Å². The van der Waals surface area contributed by atoms with Gasteiger partial charge in [-0.1, -0.05) is 34.1 Å². The predicted octanol–water partition coefficient (Wildman–Crippen LogP) is 4.35. The van der Waals surface area contributed by atoms with E-state index < -0.39 is 0 Å². The van der Waals surface area contributed by atoms with Crippen LogP contribution in [0, 0.1) is 13.8 Å². The van der Waals surface area contributed by atoms with E-state index in [1.807, 2.05) is 44.2 Å². The molecule has 0 saturated heterocycles. The molecule has 0 radical (unpaired) electrons. The van der Waals surface area contributed by atoms with E-state index in [-0.39, 0.29) is 5.75 Å². The van der Waals surface area contributed by atoms with Crippen LogP contribution in [-0.4, -0.2) is 5.11 Å². The Morgan fingerprint density at radius 1 is 1.11 bits per heavy atom. The average molecular weight is 307 g/mol. The van der Waals surface area contributed by atoms with Crippen LogP contribution < -0.4 is 4.74 Å². The van der Waals surface area contributed by atoms with E-state index in [1.165, 1.54) is 0 Å². The summed E-state index contributed by atoms with van der Waals surface area (Å²) in [6.45, 7) is 4.33. The van der Waals surface area contributed by atoms with E-state index in [0.29, 0.717) is 12.4 Å². The fourth-order valence-corrected chi connectivity index (χ4v) is 2.12. The van der Waals surface area contributed by atoms with Crippen LogP contribution in [0.5, 0.6) is 11.5 Å². The first-order valence-electron chi connectivity index (χ1n) is 5.74. The Hall–Kier alpha value is -1.48. The molecule has 0 fully saturated rings. The van der Waals surface area contributed by atoms with Crippen molar-refractivity contribution in [3.05, 3.63) is 57.6 Å². The number of ether oxygens (including phenoxy) is 1. The molecule has 0 aliphatic carbocycles. The van der Waals surface area contributed by atoms with Gasteiger partial charge in [0.05, 0.1) is 0 Å². The smallest absolute Gasteiger partial charge is 0.164 e. The average Bonchev–Trinajstić information content (AvgIpc) is 2.30. The summed E-state index contributed by atoms with van der Waals surface area (Å²) >= 11 is 3.39. The molecule has 0 amide bonds. The number of phenolic OH excluding ortho intramolecular Hbond substituents is 1. The lowest BCUT2D eigenvalue weighted by molar-refractivity contribution is 0.287. The van der Waals surface area contributed by atoms with Crippen molar-refractivity contribution in [2.24, 2.45) is 0 Å². The molecule has 2 aromatic rings. The van der Waals surface area contributed by atoms with Gasteiger partial charge < -0.3 is 9.84 Å². The molecular formula is C15H15BrO2. The van der Waals surface area contributed by atoms with Gasteiger partial charge in [0.25, 0.3) is 0 Å². The van der Waals surface area contributed by atoms with E-state index in [1.54, 1.807) is 6.07 Å². The third kappa shape index (κ3) is 3.05. The number of benzene rings is 2. The van der Waals surface area contributed by atoms with Crippen molar-refractivity contribution in [3.63, 3.8) is 0 Å². The predicted molar refractivity (Wildman–Crippen MR) is 76.1 cm³/mol. The second kappa shape index (κ2) is 5.44. The van der Waals surface area contributed by atoms with Gasteiger partial charge in [-0.2, -0.15) is 0 Å². The number of phenols is 1. The molecule has 18 heavy (non-hydrogen) atoms. The highest BCUT2D eigenvalue weighted by molar-refractivity contribution is 9.10. The molecule has 2 nitrogen and oxygen atoms in total. The second-order valence-electron chi connectivity index (χ2n) is 4.35. The Morgan fingerprint density at radius 2 is 1.78 bits per heavy atom. The monoisotopic (exact) mass is 306 g/mol. The number of hydrogen-bond acceptors (Lipinski definition) is 2. The van der Waals surface area contributed by atoms with Crippen molar-refractivity contribution >= 4 is 15.9 Å². The van der Waals surface area contributed by atoms with E-state index in [0.717, 1.165) is 21.2 Å². The summed E-state index contributed by atoms with van der Waals surface area (Å²) in [5.74, 6) is 0.758. The lowest BCUT2D eigenvalue weighted by atomic mass is 10.1. The molecule has 3 heteroatoms. The van der Waals surface area contributed by atoms with E-state index in [4.69, 9.17) is 4.74 Å². The Balaban J connectivity index is 2.13. The molecule has 2 rings (SSSR count). The van der Waals surface area contributed by atoms with Gasteiger partial charge in [-0.25, -0.2) is 0 Å². The molecule has 0 saturated carbocycles. The highest BCUT2D eigenvalue weighted by atomic mass is 79.9. The molecule has 0 unspecified atom stereocenters. The van der Waals surface area contributed by atoms with Gasteiger partial charge in [0.1, 0.15) is 6.61 Å². The summed E-state index contributed by atoms with van der Waals surface area (Å²) in [7, 11) is 0. The summed E-state index contributed by atoms with van der Waals surface area (Å²) < 4.78 is 6.73.